The lowest BCUT2D eigenvalue weighted by atomic mass is 9.95. The Labute approximate surface area is 142 Å². The molecule has 5 heteroatoms. The second-order valence-electron chi connectivity index (χ2n) is 7.22. The lowest BCUT2D eigenvalue weighted by Gasteiger charge is -2.31. The lowest BCUT2D eigenvalue weighted by molar-refractivity contribution is -0.134. The normalized spacial score (nSPS) is 27.2. The highest BCUT2D eigenvalue weighted by Gasteiger charge is 2.53. The van der Waals surface area contributed by atoms with Crippen molar-refractivity contribution in [3.05, 3.63) is 48.0 Å². The minimum absolute atomic E-state index is 0.166. The summed E-state index contributed by atoms with van der Waals surface area (Å²) < 4.78 is 2.00. The molecular weight excluding hydrogens is 300 g/mol. The minimum Gasteiger partial charge on any atom is -0.342 e. The molecule has 0 bridgehead atoms. The van der Waals surface area contributed by atoms with Crippen molar-refractivity contribution in [1.82, 2.24) is 19.7 Å². The largest absolute Gasteiger partial charge is 0.342 e. The summed E-state index contributed by atoms with van der Waals surface area (Å²) in [5.41, 5.74) is 1.30. The van der Waals surface area contributed by atoms with Crippen molar-refractivity contribution in [2.75, 3.05) is 13.1 Å². The molecule has 1 amide bonds. The second-order valence-corrected chi connectivity index (χ2v) is 7.22. The van der Waals surface area contributed by atoms with E-state index in [2.05, 4.69) is 46.3 Å². The van der Waals surface area contributed by atoms with Crippen LogP contribution in [0.3, 0.4) is 0 Å². The number of piperidine rings is 1. The number of carbonyl (C=O) groups excluding carboxylic acids is 1. The fraction of sp³-hybridized carbons (Fsp3) is 0.526. The maximum absolute atomic E-state index is 12.9. The predicted octanol–water partition coefficient (Wildman–Crippen LogP) is 2.57. The number of hydrogen-bond donors (Lipinski definition) is 0. The number of benzene rings is 1. The zero-order valence-electron chi connectivity index (χ0n) is 14.3. The van der Waals surface area contributed by atoms with Gasteiger partial charge in [-0.15, -0.1) is 10.2 Å². The summed E-state index contributed by atoms with van der Waals surface area (Å²) in [7, 11) is 1.99. The van der Waals surface area contributed by atoms with E-state index in [-0.39, 0.29) is 5.92 Å². The smallest absolute Gasteiger partial charge is 0.226 e. The maximum atomic E-state index is 12.9. The Bertz CT molecular complexity index is 718. The van der Waals surface area contributed by atoms with Gasteiger partial charge in [-0.05, 0) is 30.2 Å². The van der Waals surface area contributed by atoms with E-state index in [0.717, 1.165) is 31.8 Å². The van der Waals surface area contributed by atoms with E-state index in [1.807, 2.05) is 17.7 Å². The summed E-state index contributed by atoms with van der Waals surface area (Å²) >= 11 is 0. The summed E-state index contributed by atoms with van der Waals surface area (Å²) in [6, 6.07) is 10.5. The minimum atomic E-state index is 0.166. The Balaban J connectivity index is 1.38. The third-order valence-corrected chi connectivity index (χ3v) is 5.77. The zero-order valence-corrected chi connectivity index (χ0v) is 14.3. The molecule has 3 atom stereocenters. The molecule has 2 aromatic rings. The predicted molar refractivity (Wildman–Crippen MR) is 91.4 cm³/mol. The standard InChI is InChI=1S/C19H24N4O/c1-13-16(14-6-4-3-5-7-14)17(13)19(24)23-10-8-15(9-11-23)18-21-20-12-22(18)2/h3-7,12-13,15-17H,8-11H2,1-2H3. The van der Waals surface area contributed by atoms with Crippen molar-refractivity contribution in [3.8, 4) is 0 Å². The van der Waals surface area contributed by atoms with Crippen molar-refractivity contribution in [2.24, 2.45) is 18.9 Å². The molecule has 0 spiro atoms. The van der Waals surface area contributed by atoms with Gasteiger partial charge in [-0.2, -0.15) is 0 Å². The van der Waals surface area contributed by atoms with Gasteiger partial charge in [0.15, 0.2) is 0 Å². The van der Waals surface area contributed by atoms with Crippen LogP contribution in [0.15, 0.2) is 36.7 Å². The van der Waals surface area contributed by atoms with Crippen LogP contribution in [0.2, 0.25) is 0 Å². The van der Waals surface area contributed by atoms with Gasteiger partial charge >= 0.3 is 0 Å². The highest BCUT2D eigenvalue weighted by Crippen LogP contribution is 2.54. The maximum Gasteiger partial charge on any atom is 0.226 e. The third kappa shape index (κ3) is 2.62. The van der Waals surface area contributed by atoms with Crippen LogP contribution in [-0.4, -0.2) is 38.7 Å². The summed E-state index contributed by atoms with van der Waals surface area (Å²) in [6.07, 6.45) is 3.72. The number of aromatic nitrogens is 3. The van der Waals surface area contributed by atoms with E-state index < -0.39 is 0 Å². The monoisotopic (exact) mass is 324 g/mol. The van der Waals surface area contributed by atoms with Gasteiger partial charge in [-0.1, -0.05) is 37.3 Å². The molecule has 3 unspecified atom stereocenters. The van der Waals surface area contributed by atoms with Gasteiger partial charge in [0.2, 0.25) is 5.91 Å². The van der Waals surface area contributed by atoms with Crippen LogP contribution in [0.5, 0.6) is 0 Å². The number of hydrogen-bond acceptors (Lipinski definition) is 3. The molecule has 1 aromatic carbocycles. The Morgan fingerprint density at radius 1 is 1.17 bits per heavy atom. The van der Waals surface area contributed by atoms with Crippen molar-refractivity contribution in [2.45, 2.75) is 31.6 Å². The summed E-state index contributed by atoms with van der Waals surface area (Å²) in [4.78, 5) is 15.0. The average molecular weight is 324 g/mol. The molecule has 1 aliphatic heterocycles. The molecule has 1 saturated heterocycles. The van der Waals surface area contributed by atoms with Crippen molar-refractivity contribution in [3.63, 3.8) is 0 Å². The molecule has 0 radical (unpaired) electrons. The van der Waals surface area contributed by atoms with Crippen LogP contribution in [-0.2, 0) is 11.8 Å². The van der Waals surface area contributed by atoms with Crippen molar-refractivity contribution in [1.29, 1.82) is 0 Å². The number of rotatable bonds is 3. The van der Waals surface area contributed by atoms with Crippen LogP contribution >= 0.6 is 0 Å². The lowest BCUT2D eigenvalue weighted by Crippen LogP contribution is -2.39. The molecule has 2 heterocycles. The molecule has 1 aliphatic carbocycles. The first-order chi connectivity index (χ1) is 11.7. The van der Waals surface area contributed by atoms with E-state index in [0.29, 0.717) is 23.7 Å². The van der Waals surface area contributed by atoms with Crippen LogP contribution in [0.1, 0.15) is 43.0 Å². The summed E-state index contributed by atoms with van der Waals surface area (Å²) in [6.45, 7) is 3.87. The van der Waals surface area contributed by atoms with E-state index >= 15 is 0 Å². The molecule has 2 aliphatic rings. The highest BCUT2D eigenvalue weighted by atomic mass is 16.2. The van der Waals surface area contributed by atoms with Crippen LogP contribution in [0, 0.1) is 11.8 Å². The molecule has 24 heavy (non-hydrogen) atoms. The molecule has 1 aromatic heterocycles. The van der Waals surface area contributed by atoms with E-state index in [1.54, 1.807) is 6.33 Å². The molecule has 5 nitrogen and oxygen atoms in total. The number of likely N-dealkylation sites (tertiary alicyclic amines) is 1. The van der Waals surface area contributed by atoms with Gasteiger partial charge in [0.1, 0.15) is 12.2 Å². The van der Waals surface area contributed by atoms with Crippen LogP contribution < -0.4 is 0 Å². The van der Waals surface area contributed by atoms with E-state index in [1.165, 1.54) is 5.56 Å². The topological polar surface area (TPSA) is 51.0 Å². The Morgan fingerprint density at radius 3 is 2.50 bits per heavy atom. The molecule has 4 rings (SSSR count). The van der Waals surface area contributed by atoms with Crippen LogP contribution in [0.4, 0.5) is 0 Å². The molecule has 126 valence electrons. The quantitative estimate of drug-likeness (QED) is 0.872. The second kappa shape index (κ2) is 6.04. The van der Waals surface area contributed by atoms with Crippen molar-refractivity contribution < 1.29 is 4.79 Å². The Hall–Kier alpha value is -2.17. The van der Waals surface area contributed by atoms with E-state index in [9.17, 15) is 4.79 Å². The van der Waals surface area contributed by atoms with Gasteiger partial charge < -0.3 is 9.47 Å². The Kier molecular flexibility index (Phi) is 3.87. The first-order valence-electron chi connectivity index (χ1n) is 8.84. The van der Waals surface area contributed by atoms with Gasteiger partial charge in [-0.25, -0.2) is 0 Å². The Morgan fingerprint density at radius 2 is 1.88 bits per heavy atom. The first kappa shape index (κ1) is 15.4. The summed E-state index contributed by atoms with van der Waals surface area (Å²) in [5, 5.41) is 8.21. The molecular formula is C19H24N4O. The zero-order chi connectivity index (χ0) is 16.7. The third-order valence-electron chi connectivity index (χ3n) is 5.77. The van der Waals surface area contributed by atoms with Crippen molar-refractivity contribution >= 4 is 5.91 Å². The summed E-state index contributed by atoms with van der Waals surface area (Å²) in [5.74, 6) is 2.82. The molecule has 2 fully saturated rings. The number of carbonyl (C=O) groups is 1. The fourth-order valence-corrected chi connectivity index (χ4v) is 4.26. The van der Waals surface area contributed by atoms with E-state index in [4.69, 9.17) is 0 Å². The highest BCUT2D eigenvalue weighted by molar-refractivity contribution is 5.83. The van der Waals surface area contributed by atoms with Gasteiger partial charge in [0, 0.05) is 32.0 Å². The fourth-order valence-electron chi connectivity index (χ4n) is 4.26. The van der Waals surface area contributed by atoms with Gasteiger partial charge in [0.25, 0.3) is 0 Å². The SMILES string of the molecule is CC1C(C(=O)N2CCC(c3nncn3C)CC2)C1c1ccccc1. The molecule has 0 N–H and O–H groups in total. The number of aryl methyl sites for hydroxylation is 1. The first-order valence-corrected chi connectivity index (χ1v) is 8.84. The van der Waals surface area contributed by atoms with Gasteiger partial charge in [-0.3, -0.25) is 4.79 Å². The number of amides is 1. The average Bonchev–Trinajstić information content (AvgIpc) is 3.10. The van der Waals surface area contributed by atoms with Gasteiger partial charge in [0.05, 0.1) is 0 Å². The number of nitrogens with zero attached hydrogens (tertiary/aromatic N) is 4. The van der Waals surface area contributed by atoms with Crippen LogP contribution in [0.25, 0.3) is 0 Å². The molecule has 1 saturated carbocycles.